The zero-order valence-corrected chi connectivity index (χ0v) is 16.6. The quantitative estimate of drug-likeness (QED) is 0.661. The smallest absolute Gasteiger partial charge is 0.240 e. The van der Waals surface area contributed by atoms with Crippen molar-refractivity contribution in [3.63, 3.8) is 0 Å². The van der Waals surface area contributed by atoms with E-state index in [1.54, 1.807) is 18.2 Å². The maximum absolute atomic E-state index is 12.5. The number of hydrogen-bond acceptors (Lipinski definition) is 5. The van der Waals surface area contributed by atoms with Crippen molar-refractivity contribution in [1.82, 2.24) is 9.71 Å². The van der Waals surface area contributed by atoms with Gasteiger partial charge in [-0.15, -0.1) is 11.3 Å². The van der Waals surface area contributed by atoms with Crippen LogP contribution in [0.15, 0.2) is 53.4 Å². The van der Waals surface area contributed by atoms with E-state index >= 15 is 0 Å². The van der Waals surface area contributed by atoms with Crippen LogP contribution >= 0.6 is 22.9 Å². The first-order valence-corrected chi connectivity index (χ1v) is 10.4. The third-order valence-corrected chi connectivity index (χ3v) is 6.73. The molecule has 0 aliphatic carbocycles. The fourth-order valence-corrected chi connectivity index (χ4v) is 4.75. The second-order valence-electron chi connectivity index (χ2n) is 5.51. The largest absolute Gasteiger partial charge is 0.497 e. The van der Waals surface area contributed by atoms with E-state index in [2.05, 4.69) is 9.71 Å². The van der Waals surface area contributed by atoms with Crippen molar-refractivity contribution in [2.75, 3.05) is 7.11 Å². The highest BCUT2D eigenvalue weighted by Gasteiger charge is 2.17. The molecule has 5 nitrogen and oxygen atoms in total. The number of hydrogen-bond donors (Lipinski definition) is 1. The van der Waals surface area contributed by atoms with Gasteiger partial charge in [0.25, 0.3) is 0 Å². The van der Waals surface area contributed by atoms with Crippen LogP contribution in [0, 0.1) is 6.92 Å². The van der Waals surface area contributed by atoms with E-state index < -0.39 is 10.0 Å². The van der Waals surface area contributed by atoms with E-state index in [1.165, 1.54) is 30.6 Å². The third kappa shape index (κ3) is 4.07. The Morgan fingerprint density at radius 3 is 2.50 bits per heavy atom. The van der Waals surface area contributed by atoms with E-state index in [0.29, 0.717) is 10.8 Å². The van der Waals surface area contributed by atoms with E-state index in [-0.39, 0.29) is 11.4 Å². The lowest BCUT2D eigenvalue weighted by molar-refractivity contribution is 0.414. The Balaban J connectivity index is 1.78. The highest BCUT2D eigenvalue weighted by atomic mass is 35.5. The second kappa shape index (κ2) is 7.75. The molecule has 8 heteroatoms. The normalized spacial score (nSPS) is 11.5. The van der Waals surface area contributed by atoms with E-state index in [0.717, 1.165) is 21.1 Å². The van der Waals surface area contributed by atoms with Gasteiger partial charge in [0.1, 0.15) is 10.8 Å². The van der Waals surface area contributed by atoms with Gasteiger partial charge in [0.05, 0.1) is 22.7 Å². The van der Waals surface area contributed by atoms with Crippen LogP contribution in [0.1, 0.15) is 10.6 Å². The molecular formula is C18H17ClN2O3S2. The van der Waals surface area contributed by atoms with Crippen molar-refractivity contribution < 1.29 is 13.2 Å². The molecule has 0 bridgehead atoms. The summed E-state index contributed by atoms with van der Waals surface area (Å²) >= 11 is 7.65. The summed E-state index contributed by atoms with van der Waals surface area (Å²) in [7, 11) is -2.08. The summed E-state index contributed by atoms with van der Waals surface area (Å²) in [5.41, 5.74) is 1.62. The maximum atomic E-state index is 12.5. The molecule has 0 fully saturated rings. The lowest BCUT2D eigenvalue weighted by Crippen LogP contribution is -2.23. The summed E-state index contributed by atoms with van der Waals surface area (Å²) in [6, 6.07) is 13.7. The Hall–Kier alpha value is -1.93. The molecule has 1 N–H and O–H groups in total. The number of sulfonamides is 1. The fraction of sp³-hybridized carbons (Fsp3) is 0.167. The highest BCUT2D eigenvalue weighted by molar-refractivity contribution is 7.89. The molecule has 0 aliphatic rings. The maximum Gasteiger partial charge on any atom is 0.240 e. The zero-order chi connectivity index (χ0) is 18.7. The molecule has 3 rings (SSSR count). The Kier molecular flexibility index (Phi) is 5.62. The molecule has 1 aromatic heterocycles. The number of ether oxygens (including phenoxy) is 1. The number of thiazole rings is 1. The Morgan fingerprint density at radius 1 is 1.15 bits per heavy atom. The lowest BCUT2D eigenvalue weighted by atomic mass is 10.2. The Labute approximate surface area is 161 Å². The number of nitrogens with zero attached hydrogens (tertiary/aromatic N) is 1. The third-order valence-electron chi connectivity index (χ3n) is 3.79. The van der Waals surface area contributed by atoms with E-state index in [1.807, 2.05) is 25.1 Å². The number of rotatable bonds is 6. The van der Waals surface area contributed by atoms with Crippen LogP contribution in [0.5, 0.6) is 5.75 Å². The number of aromatic nitrogens is 1. The molecule has 0 spiro atoms. The molecule has 136 valence electrons. The molecule has 0 aliphatic heterocycles. The van der Waals surface area contributed by atoms with Gasteiger partial charge in [0.2, 0.25) is 10.0 Å². The standard InChI is InChI=1S/C18H17ClN2O3S2/c1-12-17(25-18(21-12)15-5-3-4-6-16(15)19)11-20-26(22,23)14-9-7-13(24-2)8-10-14/h3-10,20H,11H2,1-2H3. The topological polar surface area (TPSA) is 68.3 Å². The van der Waals surface area contributed by atoms with Gasteiger partial charge in [-0.2, -0.15) is 0 Å². The summed E-state index contributed by atoms with van der Waals surface area (Å²) in [6.45, 7) is 2.02. The molecular weight excluding hydrogens is 392 g/mol. The Morgan fingerprint density at radius 2 is 1.85 bits per heavy atom. The fourth-order valence-electron chi connectivity index (χ4n) is 2.34. The first kappa shape index (κ1) is 18.8. The number of methoxy groups -OCH3 is 1. The van der Waals surface area contributed by atoms with Crippen molar-refractivity contribution in [2.24, 2.45) is 0 Å². The van der Waals surface area contributed by atoms with Gasteiger partial charge < -0.3 is 4.74 Å². The van der Waals surface area contributed by atoms with Crippen molar-refractivity contribution in [3.05, 3.63) is 64.1 Å². The number of aryl methyl sites for hydroxylation is 1. The van der Waals surface area contributed by atoms with Gasteiger partial charge in [0, 0.05) is 17.0 Å². The molecule has 0 saturated carbocycles. The summed E-state index contributed by atoms with van der Waals surface area (Å²) < 4.78 is 32.6. The number of nitrogens with one attached hydrogen (secondary N) is 1. The number of halogens is 1. The molecule has 0 atom stereocenters. The summed E-state index contributed by atoms with van der Waals surface area (Å²) in [4.78, 5) is 5.55. The van der Waals surface area contributed by atoms with Gasteiger partial charge in [-0.05, 0) is 37.3 Å². The van der Waals surface area contributed by atoms with Crippen molar-refractivity contribution in [3.8, 4) is 16.3 Å². The minimum absolute atomic E-state index is 0.169. The average molecular weight is 409 g/mol. The predicted molar refractivity (Wildman–Crippen MR) is 104 cm³/mol. The lowest BCUT2D eigenvalue weighted by Gasteiger charge is -2.07. The molecule has 1 heterocycles. The molecule has 2 aromatic carbocycles. The first-order valence-electron chi connectivity index (χ1n) is 7.75. The average Bonchev–Trinajstić information content (AvgIpc) is 3.01. The molecule has 0 saturated heterocycles. The molecule has 0 unspecified atom stereocenters. The van der Waals surface area contributed by atoms with Gasteiger partial charge in [-0.3, -0.25) is 0 Å². The van der Waals surface area contributed by atoms with Crippen LogP contribution in [0.2, 0.25) is 5.02 Å². The molecule has 3 aromatic rings. The van der Waals surface area contributed by atoms with Gasteiger partial charge in [0.15, 0.2) is 0 Å². The SMILES string of the molecule is COc1ccc(S(=O)(=O)NCc2sc(-c3ccccc3Cl)nc2C)cc1. The van der Waals surface area contributed by atoms with Crippen LogP contribution in [0.25, 0.3) is 10.6 Å². The molecule has 26 heavy (non-hydrogen) atoms. The predicted octanol–water partition coefficient (Wildman–Crippen LogP) is 4.26. The van der Waals surface area contributed by atoms with Gasteiger partial charge >= 0.3 is 0 Å². The number of benzene rings is 2. The van der Waals surface area contributed by atoms with Crippen molar-refractivity contribution in [1.29, 1.82) is 0 Å². The van der Waals surface area contributed by atoms with Crippen LogP contribution in [0.4, 0.5) is 0 Å². The minimum Gasteiger partial charge on any atom is -0.497 e. The zero-order valence-electron chi connectivity index (χ0n) is 14.2. The molecule has 0 radical (unpaired) electrons. The highest BCUT2D eigenvalue weighted by Crippen LogP contribution is 2.32. The van der Waals surface area contributed by atoms with Crippen LogP contribution < -0.4 is 9.46 Å². The summed E-state index contributed by atoms with van der Waals surface area (Å²) in [6.07, 6.45) is 0. The first-order chi connectivity index (χ1) is 12.4. The van der Waals surface area contributed by atoms with Crippen LogP contribution in [-0.2, 0) is 16.6 Å². The summed E-state index contributed by atoms with van der Waals surface area (Å²) in [5, 5.41) is 1.39. The second-order valence-corrected chi connectivity index (χ2v) is 8.77. The van der Waals surface area contributed by atoms with Crippen molar-refractivity contribution >= 4 is 33.0 Å². The Bertz CT molecular complexity index is 1020. The minimum atomic E-state index is -3.62. The summed E-state index contributed by atoms with van der Waals surface area (Å²) in [5.74, 6) is 0.603. The van der Waals surface area contributed by atoms with Crippen LogP contribution in [0.3, 0.4) is 0 Å². The molecule has 0 amide bonds. The van der Waals surface area contributed by atoms with Crippen molar-refractivity contribution in [2.45, 2.75) is 18.4 Å². The monoisotopic (exact) mass is 408 g/mol. The van der Waals surface area contributed by atoms with Gasteiger partial charge in [-0.1, -0.05) is 29.8 Å². The van der Waals surface area contributed by atoms with Crippen LogP contribution in [-0.4, -0.2) is 20.5 Å². The van der Waals surface area contributed by atoms with Gasteiger partial charge in [-0.25, -0.2) is 18.1 Å². The van der Waals surface area contributed by atoms with E-state index in [9.17, 15) is 8.42 Å². The van der Waals surface area contributed by atoms with E-state index in [4.69, 9.17) is 16.3 Å².